The summed E-state index contributed by atoms with van der Waals surface area (Å²) in [5, 5.41) is 2.76. The zero-order chi connectivity index (χ0) is 19.4. The van der Waals surface area contributed by atoms with Gasteiger partial charge in [-0.05, 0) is 36.8 Å². The number of aryl methyl sites for hydroxylation is 1. The molecule has 0 aromatic heterocycles. The number of fused-ring (bicyclic) bond motifs is 1. The number of hydrogen-bond acceptors (Lipinski definition) is 5. The van der Waals surface area contributed by atoms with Crippen molar-refractivity contribution in [2.75, 3.05) is 17.3 Å². The van der Waals surface area contributed by atoms with E-state index in [9.17, 15) is 13.2 Å². The third-order valence-electron chi connectivity index (χ3n) is 4.15. The fourth-order valence-corrected chi connectivity index (χ4v) is 4.05. The highest BCUT2D eigenvalue weighted by molar-refractivity contribution is 7.92. The Morgan fingerprint density at radius 2 is 1.81 bits per heavy atom. The van der Waals surface area contributed by atoms with Crippen LogP contribution in [-0.4, -0.2) is 26.9 Å². The number of carbonyl (C=O) groups is 1. The molecule has 1 aliphatic rings. The van der Waals surface area contributed by atoms with Crippen LogP contribution in [0.1, 0.15) is 18.1 Å². The quantitative estimate of drug-likeness (QED) is 0.757. The van der Waals surface area contributed by atoms with Crippen LogP contribution in [0.3, 0.4) is 0 Å². The van der Waals surface area contributed by atoms with E-state index in [1.165, 1.54) is 0 Å². The number of nitrogens with one attached hydrogen (secondary N) is 2. The number of carbonyl (C=O) groups excluding carboxylic acids is 1. The first-order valence-electron chi connectivity index (χ1n) is 8.56. The molecule has 1 unspecified atom stereocenters. The summed E-state index contributed by atoms with van der Waals surface area (Å²) in [5.74, 6) is -0.0105. The second kappa shape index (κ2) is 7.87. The van der Waals surface area contributed by atoms with Crippen LogP contribution in [0.5, 0.6) is 11.5 Å². The summed E-state index contributed by atoms with van der Waals surface area (Å²) in [7, 11) is -3.63. The maximum absolute atomic E-state index is 12.3. The Morgan fingerprint density at radius 1 is 1.11 bits per heavy atom. The molecular weight excluding hydrogens is 368 g/mol. The molecule has 0 saturated heterocycles. The molecule has 2 aromatic carbocycles. The number of ether oxygens (including phenoxy) is 2. The van der Waals surface area contributed by atoms with E-state index in [-0.39, 0.29) is 25.0 Å². The standard InChI is InChI=1S/C19H22N2O5S/c1-13-3-6-16(7-4-13)21-27(23,24)11-14(2)19(22)20-10-15-5-8-17-18(9-15)26-12-25-17/h3-9,14,21H,10-12H2,1-2H3,(H,20,22). The van der Waals surface area contributed by atoms with Crippen molar-refractivity contribution in [3.8, 4) is 11.5 Å². The minimum Gasteiger partial charge on any atom is -0.454 e. The first-order chi connectivity index (χ1) is 12.8. The van der Waals surface area contributed by atoms with Crippen molar-refractivity contribution in [3.05, 3.63) is 53.6 Å². The first kappa shape index (κ1) is 19.0. The number of sulfonamides is 1. The average molecular weight is 390 g/mol. The van der Waals surface area contributed by atoms with Gasteiger partial charge < -0.3 is 14.8 Å². The molecule has 0 saturated carbocycles. The molecule has 0 aliphatic carbocycles. The lowest BCUT2D eigenvalue weighted by Crippen LogP contribution is -2.34. The Morgan fingerprint density at radius 3 is 2.56 bits per heavy atom. The first-order valence-corrected chi connectivity index (χ1v) is 10.2. The predicted molar refractivity (Wildman–Crippen MR) is 102 cm³/mol. The number of amides is 1. The number of hydrogen-bond donors (Lipinski definition) is 2. The zero-order valence-electron chi connectivity index (χ0n) is 15.2. The van der Waals surface area contributed by atoms with Gasteiger partial charge in [0.1, 0.15) is 0 Å². The van der Waals surface area contributed by atoms with E-state index in [2.05, 4.69) is 10.0 Å². The summed E-state index contributed by atoms with van der Waals surface area (Å²) in [4.78, 5) is 12.3. The van der Waals surface area contributed by atoms with Gasteiger partial charge in [0.2, 0.25) is 22.7 Å². The van der Waals surface area contributed by atoms with Crippen molar-refractivity contribution in [2.24, 2.45) is 5.92 Å². The zero-order valence-corrected chi connectivity index (χ0v) is 16.0. The number of rotatable bonds is 7. The van der Waals surface area contributed by atoms with E-state index in [1.54, 1.807) is 31.2 Å². The second-order valence-electron chi connectivity index (χ2n) is 6.56. The Balaban J connectivity index is 1.52. The molecule has 2 aromatic rings. The monoisotopic (exact) mass is 390 g/mol. The van der Waals surface area contributed by atoms with E-state index in [0.29, 0.717) is 17.2 Å². The predicted octanol–water partition coefficient (Wildman–Crippen LogP) is 2.42. The summed E-state index contributed by atoms with van der Waals surface area (Å²) in [6, 6.07) is 12.4. The Bertz CT molecular complexity index is 926. The van der Waals surface area contributed by atoms with Crippen LogP contribution in [0.4, 0.5) is 5.69 Å². The van der Waals surface area contributed by atoms with Crippen molar-refractivity contribution in [1.82, 2.24) is 5.32 Å². The minimum absolute atomic E-state index is 0.189. The molecule has 0 bridgehead atoms. The van der Waals surface area contributed by atoms with Crippen LogP contribution in [0.2, 0.25) is 0 Å². The Kier molecular flexibility index (Phi) is 5.55. The molecule has 27 heavy (non-hydrogen) atoms. The molecule has 3 rings (SSSR count). The Hall–Kier alpha value is -2.74. The molecule has 1 atom stereocenters. The average Bonchev–Trinajstić information content (AvgIpc) is 3.08. The summed E-state index contributed by atoms with van der Waals surface area (Å²) >= 11 is 0. The maximum Gasteiger partial charge on any atom is 0.233 e. The molecule has 0 fully saturated rings. The largest absolute Gasteiger partial charge is 0.454 e. The van der Waals surface area contributed by atoms with Gasteiger partial charge in [0, 0.05) is 12.2 Å². The molecular formula is C19H22N2O5S. The highest BCUT2D eigenvalue weighted by Crippen LogP contribution is 2.32. The van der Waals surface area contributed by atoms with Gasteiger partial charge in [0.05, 0.1) is 11.7 Å². The summed E-state index contributed by atoms with van der Waals surface area (Å²) in [6.45, 7) is 3.98. The van der Waals surface area contributed by atoms with Gasteiger partial charge in [-0.15, -0.1) is 0 Å². The lowest BCUT2D eigenvalue weighted by atomic mass is 10.1. The molecule has 1 heterocycles. The van der Waals surface area contributed by atoms with Crippen molar-refractivity contribution in [2.45, 2.75) is 20.4 Å². The van der Waals surface area contributed by atoms with E-state index in [4.69, 9.17) is 9.47 Å². The van der Waals surface area contributed by atoms with E-state index in [1.807, 2.05) is 25.1 Å². The van der Waals surface area contributed by atoms with Crippen LogP contribution in [-0.2, 0) is 21.4 Å². The second-order valence-corrected chi connectivity index (χ2v) is 8.32. The number of benzene rings is 2. The van der Waals surface area contributed by atoms with E-state index < -0.39 is 15.9 Å². The molecule has 144 valence electrons. The molecule has 0 spiro atoms. The van der Waals surface area contributed by atoms with Crippen LogP contribution < -0.4 is 19.5 Å². The molecule has 0 radical (unpaired) electrons. The lowest BCUT2D eigenvalue weighted by molar-refractivity contribution is -0.124. The molecule has 7 nitrogen and oxygen atoms in total. The summed E-state index contributed by atoms with van der Waals surface area (Å²) < 4.78 is 37.6. The third-order valence-corrected chi connectivity index (χ3v) is 5.63. The minimum atomic E-state index is -3.63. The smallest absolute Gasteiger partial charge is 0.233 e. The lowest BCUT2D eigenvalue weighted by Gasteiger charge is -2.14. The molecule has 8 heteroatoms. The van der Waals surface area contributed by atoms with Crippen LogP contribution >= 0.6 is 0 Å². The molecule has 2 N–H and O–H groups in total. The van der Waals surface area contributed by atoms with Crippen LogP contribution in [0.25, 0.3) is 0 Å². The Labute approximate surface area is 158 Å². The van der Waals surface area contributed by atoms with Gasteiger partial charge in [-0.1, -0.05) is 30.7 Å². The molecule has 1 aliphatic heterocycles. The topological polar surface area (TPSA) is 93.7 Å². The van der Waals surface area contributed by atoms with Crippen LogP contribution in [0, 0.1) is 12.8 Å². The molecule has 1 amide bonds. The van der Waals surface area contributed by atoms with Gasteiger partial charge in [-0.3, -0.25) is 9.52 Å². The normalized spacial score (nSPS) is 13.9. The fraction of sp³-hybridized carbons (Fsp3) is 0.316. The maximum atomic E-state index is 12.3. The fourth-order valence-electron chi connectivity index (χ4n) is 2.66. The van der Waals surface area contributed by atoms with Crippen molar-refractivity contribution < 1.29 is 22.7 Å². The third kappa shape index (κ3) is 5.13. The highest BCUT2D eigenvalue weighted by atomic mass is 32.2. The van der Waals surface area contributed by atoms with Gasteiger partial charge in [0.25, 0.3) is 0 Å². The highest BCUT2D eigenvalue weighted by Gasteiger charge is 2.22. The van der Waals surface area contributed by atoms with Gasteiger partial charge in [-0.2, -0.15) is 0 Å². The van der Waals surface area contributed by atoms with E-state index in [0.717, 1.165) is 11.1 Å². The summed E-state index contributed by atoms with van der Waals surface area (Å²) in [5.41, 5.74) is 2.36. The van der Waals surface area contributed by atoms with Gasteiger partial charge >= 0.3 is 0 Å². The van der Waals surface area contributed by atoms with Crippen LogP contribution in [0.15, 0.2) is 42.5 Å². The van der Waals surface area contributed by atoms with Crippen molar-refractivity contribution in [1.29, 1.82) is 0 Å². The SMILES string of the molecule is Cc1ccc(NS(=O)(=O)CC(C)C(=O)NCc2ccc3c(c2)OCO3)cc1. The van der Waals surface area contributed by atoms with E-state index >= 15 is 0 Å². The summed E-state index contributed by atoms with van der Waals surface area (Å²) in [6.07, 6.45) is 0. The van der Waals surface area contributed by atoms with Crippen molar-refractivity contribution in [3.63, 3.8) is 0 Å². The van der Waals surface area contributed by atoms with Gasteiger partial charge in [0.15, 0.2) is 11.5 Å². The van der Waals surface area contributed by atoms with Crippen molar-refractivity contribution >= 4 is 21.6 Å². The number of anilines is 1. The van der Waals surface area contributed by atoms with Gasteiger partial charge in [-0.25, -0.2) is 8.42 Å².